The SMILES string of the molecule is CO[C@H]1[C@@H](O)[C@@H](C)O[C@@H](O[C@H]2CC[C@@]3(C)C(=CC[C@@H]4[C@@H]3C(=O)[C@@H]3O[C@H](C)[C@@H]5CC(=O)[C@@]4(O)[C@]35C)C2)[C@@H]1O. The highest BCUT2D eigenvalue weighted by atomic mass is 16.7. The first-order chi connectivity index (χ1) is 17.4. The van der Waals surface area contributed by atoms with E-state index in [1.807, 2.05) is 13.8 Å². The molecule has 3 N–H and O–H groups in total. The molecule has 14 atom stereocenters. The number of aliphatic hydroxyl groups excluding tert-OH is 2. The average Bonchev–Trinajstić information content (AvgIpc) is 3.24. The second-order valence-corrected chi connectivity index (χ2v) is 12.8. The average molecular weight is 521 g/mol. The van der Waals surface area contributed by atoms with E-state index in [0.29, 0.717) is 25.7 Å². The molecule has 2 aliphatic heterocycles. The monoisotopic (exact) mass is 520 g/mol. The summed E-state index contributed by atoms with van der Waals surface area (Å²) in [6.07, 6.45) is -1.04. The molecule has 0 radical (unpaired) electrons. The summed E-state index contributed by atoms with van der Waals surface area (Å²) in [6, 6.07) is 0. The number of methoxy groups -OCH3 is 1. The Labute approximate surface area is 217 Å². The summed E-state index contributed by atoms with van der Waals surface area (Å²) in [5, 5.41) is 33.1. The van der Waals surface area contributed by atoms with Crippen LogP contribution in [0.4, 0.5) is 0 Å². The molecule has 5 fully saturated rings. The number of carbonyl (C=O) groups is 2. The summed E-state index contributed by atoms with van der Waals surface area (Å²) in [4.78, 5) is 27.5. The molecule has 9 nitrogen and oxygen atoms in total. The van der Waals surface area contributed by atoms with Crippen molar-refractivity contribution in [2.45, 2.75) is 114 Å². The molecule has 6 aliphatic rings. The topological polar surface area (TPSA) is 132 Å². The van der Waals surface area contributed by atoms with E-state index in [1.165, 1.54) is 7.11 Å². The molecule has 9 heteroatoms. The highest BCUT2D eigenvalue weighted by molar-refractivity contribution is 5.99. The molecule has 0 amide bonds. The molecular formula is C28H40O9. The van der Waals surface area contributed by atoms with Gasteiger partial charge in [0.15, 0.2) is 17.9 Å². The van der Waals surface area contributed by atoms with Crippen LogP contribution in [0.25, 0.3) is 0 Å². The number of ether oxygens (including phenoxy) is 4. The zero-order valence-corrected chi connectivity index (χ0v) is 22.3. The van der Waals surface area contributed by atoms with Crippen molar-refractivity contribution in [3.05, 3.63) is 11.6 Å². The Hall–Kier alpha value is -1.20. The van der Waals surface area contributed by atoms with Gasteiger partial charge >= 0.3 is 0 Å². The van der Waals surface area contributed by atoms with Gasteiger partial charge in [-0.3, -0.25) is 9.59 Å². The maximum atomic E-state index is 14.1. The lowest BCUT2D eigenvalue weighted by molar-refractivity contribution is -0.309. The molecule has 0 aromatic rings. The zero-order valence-electron chi connectivity index (χ0n) is 22.3. The van der Waals surface area contributed by atoms with E-state index in [-0.39, 0.29) is 36.1 Å². The van der Waals surface area contributed by atoms with Crippen LogP contribution in [0.3, 0.4) is 0 Å². The van der Waals surface area contributed by atoms with Gasteiger partial charge in [-0.2, -0.15) is 0 Å². The number of hydrogen-bond acceptors (Lipinski definition) is 9. The van der Waals surface area contributed by atoms with Gasteiger partial charge in [0.2, 0.25) is 0 Å². The highest BCUT2D eigenvalue weighted by Gasteiger charge is 2.79. The summed E-state index contributed by atoms with van der Waals surface area (Å²) in [7, 11) is 1.44. The fourth-order valence-electron chi connectivity index (χ4n) is 9.12. The summed E-state index contributed by atoms with van der Waals surface area (Å²) >= 11 is 0. The van der Waals surface area contributed by atoms with E-state index in [2.05, 4.69) is 13.0 Å². The predicted octanol–water partition coefficient (Wildman–Crippen LogP) is 1.30. The molecule has 37 heavy (non-hydrogen) atoms. The van der Waals surface area contributed by atoms with Crippen molar-refractivity contribution in [3.8, 4) is 0 Å². The number of fused-ring (bicyclic) bond motifs is 4. The Morgan fingerprint density at radius 1 is 1.03 bits per heavy atom. The van der Waals surface area contributed by atoms with Crippen LogP contribution in [0, 0.1) is 28.6 Å². The Bertz CT molecular complexity index is 1030. The minimum Gasteiger partial charge on any atom is -0.388 e. The molecule has 0 aromatic heterocycles. The van der Waals surface area contributed by atoms with Gasteiger partial charge in [0.1, 0.15) is 30.0 Å². The largest absolute Gasteiger partial charge is 0.388 e. The van der Waals surface area contributed by atoms with Crippen LogP contribution in [0.2, 0.25) is 0 Å². The number of ketones is 2. The van der Waals surface area contributed by atoms with Crippen molar-refractivity contribution in [1.29, 1.82) is 0 Å². The lowest BCUT2D eigenvalue weighted by Crippen LogP contribution is -2.70. The van der Waals surface area contributed by atoms with E-state index < -0.39 is 65.1 Å². The van der Waals surface area contributed by atoms with E-state index in [9.17, 15) is 24.9 Å². The van der Waals surface area contributed by atoms with Crippen molar-refractivity contribution < 1.29 is 43.9 Å². The van der Waals surface area contributed by atoms with Gasteiger partial charge in [-0.05, 0) is 44.9 Å². The molecule has 206 valence electrons. The van der Waals surface area contributed by atoms with Crippen LogP contribution in [0.15, 0.2) is 11.6 Å². The first kappa shape index (κ1) is 26.0. The summed E-state index contributed by atoms with van der Waals surface area (Å²) in [6.45, 7) is 7.59. The third-order valence-electron chi connectivity index (χ3n) is 11.2. The molecular weight excluding hydrogens is 480 g/mol. The fourth-order valence-corrected chi connectivity index (χ4v) is 9.12. The Morgan fingerprint density at radius 2 is 1.76 bits per heavy atom. The predicted molar refractivity (Wildman–Crippen MR) is 129 cm³/mol. The van der Waals surface area contributed by atoms with Gasteiger partial charge in [-0.15, -0.1) is 0 Å². The molecule has 2 saturated heterocycles. The highest BCUT2D eigenvalue weighted by Crippen LogP contribution is 2.69. The van der Waals surface area contributed by atoms with Crippen LogP contribution in [-0.4, -0.2) is 88.6 Å². The minimum atomic E-state index is -1.57. The number of Topliss-reactive ketones (excluding diaryl/α,β-unsaturated/α-hetero) is 2. The van der Waals surface area contributed by atoms with Crippen molar-refractivity contribution in [1.82, 2.24) is 0 Å². The van der Waals surface area contributed by atoms with Crippen molar-refractivity contribution in [3.63, 3.8) is 0 Å². The van der Waals surface area contributed by atoms with E-state index in [1.54, 1.807) is 6.92 Å². The van der Waals surface area contributed by atoms with Gasteiger partial charge < -0.3 is 34.3 Å². The number of aliphatic hydroxyl groups is 3. The zero-order chi connectivity index (χ0) is 26.7. The van der Waals surface area contributed by atoms with Gasteiger partial charge in [0.25, 0.3) is 0 Å². The number of carbonyl (C=O) groups excluding carboxylic acids is 2. The molecule has 3 saturated carbocycles. The van der Waals surface area contributed by atoms with Crippen LogP contribution in [0.5, 0.6) is 0 Å². The second-order valence-electron chi connectivity index (χ2n) is 12.8. The van der Waals surface area contributed by atoms with Gasteiger partial charge in [0.05, 0.1) is 18.3 Å². The van der Waals surface area contributed by atoms with Crippen LogP contribution < -0.4 is 0 Å². The minimum absolute atomic E-state index is 0.0190. The lowest BCUT2D eigenvalue weighted by Gasteiger charge is -2.59. The van der Waals surface area contributed by atoms with Gasteiger partial charge in [0, 0.05) is 36.7 Å². The standard InChI is InChI=1S/C28H40O9/c1-12-17-11-18(29)28(33)16-7-6-14-10-15(37-25-22(32)23(34-5)20(30)13(2)36-25)8-9-26(14,3)19(16)21(31)24(35-12)27(17,28)4/h6,12-13,15-17,19-20,22-25,30,32-33H,7-11H2,1-5H3/t12-,13-,15+,16-,17+,19-,20+,22-,23+,24+,25+,26+,27+,28-/m1/s1. The smallest absolute Gasteiger partial charge is 0.186 e. The van der Waals surface area contributed by atoms with Crippen molar-refractivity contribution >= 4 is 11.6 Å². The number of rotatable bonds is 3. The summed E-state index contributed by atoms with van der Waals surface area (Å²) in [5.41, 5.74) is -1.90. The maximum absolute atomic E-state index is 14.1. The quantitative estimate of drug-likeness (QED) is 0.471. The van der Waals surface area contributed by atoms with Gasteiger partial charge in [-0.25, -0.2) is 0 Å². The maximum Gasteiger partial charge on any atom is 0.186 e. The third kappa shape index (κ3) is 3.16. The van der Waals surface area contributed by atoms with Crippen molar-refractivity contribution in [2.75, 3.05) is 7.11 Å². The van der Waals surface area contributed by atoms with Crippen molar-refractivity contribution in [2.24, 2.45) is 28.6 Å². The number of allylic oxidation sites excluding steroid dienone is 1. The Balaban J connectivity index is 1.27. The number of hydrogen-bond donors (Lipinski definition) is 3. The van der Waals surface area contributed by atoms with E-state index in [0.717, 1.165) is 5.57 Å². The molecule has 2 heterocycles. The van der Waals surface area contributed by atoms with Crippen LogP contribution in [0.1, 0.15) is 59.8 Å². The van der Waals surface area contributed by atoms with Crippen LogP contribution >= 0.6 is 0 Å². The molecule has 0 unspecified atom stereocenters. The van der Waals surface area contributed by atoms with E-state index >= 15 is 0 Å². The Morgan fingerprint density at radius 3 is 2.46 bits per heavy atom. The second kappa shape index (κ2) is 8.40. The van der Waals surface area contributed by atoms with Crippen LogP contribution in [-0.2, 0) is 28.5 Å². The molecule has 0 spiro atoms. The molecule has 6 rings (SSSR count). The van der Waals surface area contributed by atoms with E-state index in [4.69, 9.17) is 18.9 Å². The summed E-state index contributed by atoms with van der Waals surface area (Å²) in [5.74, 6) is -1.25. The van der Waals surface area contributed by atoms with Gasteiger partial charge in [-0.1, -0.05) is 25.5 Å². The first-order valence-electron chi connectivity index (χ1n) is 13.7. The fraction of sp³-hybridized carbons (Fsp3) is 0.857. The summed E-state index contributed by atoms with van der Waals surface area (Å²) < 4.78 is 23.5. The Kier molecular flexibility index (Phi) is 5.91. The first-order valence-corrected chi connectivity index (χ1v) is 13.7. The molecule has 0 aromatic carbocycles. The molecule has 4 aliphatic carbocycles. The lowest BCUT2D eigenvalue weighted by atomic mass is 9.45. The third-order valence-corrected chi connectivity index (χ3v) is 11.2. The molecule has 0 bridgehead atoms. The normalized spacial score (nSPS) is 57.0.